The molecule has 0 saturated heterocycles. The Balaban J connectivity index is 2.06. The molecule has 2 aromatic rings. The Morgan fingerprint density at radius 3 is 2.04 bits per heavy atom. The highest BCUT2D eigenvalue weighted by Crippen LogP contribution is 2.23. The first-order valence-corrected chi connectivity index (χ1v) is 10.1. The molecule has 0 aromatic heterocycles. The van der Waals surface area contributed by atoms with Gasteiger partial charge in [-0.05, 0) is 48.1 Å². The first kappa shape index (κ1) is 19.9. The van der Waals surface area contributed by atoms with Crippen molar-refractivity contribution in [3.63, 3.8) is 0 Å². The monoisotopic (exact) mass is 368 g/mol. The van der Waals surface area contributed by atoms with Gasteiger partial charge >= 0.3 is 0 Å². The number of hydrogen-bond donors (Lipinski definition) is 1. The van der Waals surface area contributed by atoms with Crippen LogP contribution in [0.3, 0.4) is 0 Å². The van der Waals surface area contributed by atoms with Crippen molar-refractivity contribution in [3.05, 3.63) is 65.7 Å². The maximum atomic E-state index is 11.9. The molecule has 1 N–H and O–H groups in total. The summed E-state index contributed by atoms with van der Waals surface area (Å²) in [5.41, 5.74) is 4.27. The second-order valence-corrected chi connectivity index (χ2v) is 8.87. The normalized spacial score (nSPS) is 13.0. The number of benzene rings is 2. The first-order valence-electron chi connectivity index (χ1n) is 8.58. The van der Waals surface area contributed by atoms with Crippen LogP contribution in [0.25, 0.3) is 17.2 Å². The summed E-state index contributed by atoms with van der Waals surface area (Å²) in [5, 5.41) is 8.14. The van der Waals surface area contributed by atoms with Crippen molar-refractivity contribution in [2.75, 3.05) is 6.54 Å². The number of hydrogen-bond acceptors (Lipinski definition) is 3. The quantitative estimate of drug-likeness (QED) is 0.740. The van der Waals surface area contributed by atoms with Crippen LogP contribution in [-0.2, 0) is 10.0 Å². The predicted molar refractivity (Wildman–Crippen MR) is 107 cm³/mol. The van der Waals surface area contributed by atoms with Gasteiger partial charge in [-0.25, -0.2) is 13.1 Å². The van der Waals surface area contributed by atoms with Crippen LogP contribution in [0, 0.1) is 11.3 Å². The number of allylic oxidation sites excluding steroid dienone is 1. The summed E-state index contributed by atoms with van der Waals surface area (Å²) in [6.45, 7) is 5.74. The summed E-state index contributed by atoms with van der Waals surface area (Å²) in [4.78, 5) is 0. The number of rotatable bonds is 7. The SMILES string of the molecule is CC(CNS(=O)(=O)C(C)C)c1ccc(-c2ccc(C=CC#N)cc2)cc1. The lowest BCUT2D eigenvalue weighted by atomic mass is 9.97. The molecule has 2 rings (SSSR count). The largest absolute Gasteiger partial charge is 0.214 e. The fourth-order valence-electron chi connectivity index (χ4n) is 2.45. The minimum absolute atomic E-state index is 0.0936. The molecule has 0 spiro atoms. The zero-order valence-corrected chi connectivity index (χ0v) is 16.1. The van der Waals surface area contributed by atoms with E-state index in [1.54, 1.807) is 19.9 Å². The number of nitriles is 1. The van der Waals surface area contributed by atoms with E-state index in [4.69, 9.17) is 5.26 Å². The fraction of sp³-hybridized carbons (Fsp3) is 0.286. The first-order chi connectivity index (χ1) is 12.3. The predicted octanol–water partition coefficient (Wildman–Crippen LogP) is 4.32. The van der Waals surface area contributed by atoms with Crippen molar-refractivity contribution in [1.29, 1.82) is 5.26 Å². The Morgan fingerprint density at radius 1 is 1.00 bits per heavy atom. The molecule has 0 aliphatic rings. The Labute approximate surface area is 156 Å². The van der Waals surface area contributed by atoms with Gasteiger partial charge in [0.15, 0.2) is 0 Å². The molecular formula is C21H24N2O2S. The van der Waals surface area contributed by atoms with Gasteiger partial charge in [-0.3, -0.25) is 0 Å². The number of sulfonamides is 1. The maximum Gasteiger partial charge on any atom is 0.213 e. The van der Waals surface area contributed by atoms with Gasteiger partial charge in [0, 0.05) is 12.6 Å². The summed E-state index contributed by atoms with van der Waals surface area (Å²) in [5.74, 6) is 0.0936. The van der Waals surface area contributed by atoms with Gasteiger partial charge in [-0.1, -0.05) is 55.5 Å². The fourth-order valence-corrected chi connectivity index (χ4v) is 3.27. The Bertz CT molecular complexity index is 891. The molecule has 4 nitrogen and oxygen atoms in total. The molecule has 1 unspecified atom stereocenters. The Hall–Kier alpha value is -2.42. The second-order valence-electron chi connectivity index (χ2n) is 6.55. The van der Waals surface area contributed by atoms with Gasteiger partial charge in [-0.15, -0.1) is 0 Å². The van der Waals surface area contributed by atoms with Gasteiger partial charge in [0.2, 0.25) is 10.0 Å². The molecule has 0 bridgehead atoms. The lowest BCUT2D eigenvalue weighted by Gasteiger charge is -2.15. The topological polar surface area (TPSA) is 70.0 Å². The number of nitrogens with one attached hydrogen (secondary N) is 1. The standard InChI is InChI=1S/C21H24N2O2S/c1-16(2)26(24,25)23-15-17(3)19-10-12-21(13-11-19)20-8-6-18(7-9-20)5-4-14-22/h4-13,16-17,23H,15H2,1-3H3. The van der Waals surface area contributed by atoms with Crippen molar-refractivity contribution in [2.45, 2.75) is 31.9 Å². The molecule has 5 heteroatoms. The smallest absolute Gasteiger partial charge is 0.213 e. The van der Waals surface area contributed by atoms with E-state index in [-0.39, 0.29) is 5.92 Å². The van der Waals surface area contributed by atoms with Crippen LogP contribution in [0.4, 0.5) is 0 Å². The van der Waals surface area contributed by atoms with Gasteiger partial charge in [-0.2, -0.15) is 5.26 Å². The van der Waals surface area contributed by atoms with Crippen LogP contribution >= 0.6 is 0 Å². The van der Waals surface area contributed by atoms with Gasteiger partial charge in [0.05, 0.1) is 11.3 Å². The summed E-state index contributed by atoms with van der Waals surface area (Å²) in [7, 11) is -3.24. The van der Waals surface area contributed by atoms with E-state index in [1.165, 1.54) is 6.08 Å². The molecule has 0 saturated carbocycles. The third-order valence-corrected chi connectivity index (χ3v) is 6.10. The van der Waals surface area contributed by atoms with Crippen molar-refractivity contribution in [3.8, 4) is 17.2 Å². The molecular weight excluding hydrogens is 344 g/mol. The minimum Gasteiger partial charge on any atom is -0.214 e. The summed E-state index contributed by atoms with van der Waals surface area (Å²) in [6, 6.07) is 18.1. The molecule has 0 aliphatic heterocycles. The van der Waals surface area contributed by atoms with E-state index < -0.39 is 15.3 Å². The lowest BCUT2D eigenvalue weighted by molar-refractivity contribution is 0.566. The van der Waals surface area contributed by atoms with Crippen LogP contribution in [0.5, 0.6) is 0 Å². The minimum atomic E-state index is -3.24. The summed E-state index contributed by atoms with van der Waals surface area (Å²) < 4.78 is 26.4. The molecule has 0 amide bonds. The van der Waals surface area contributed by atoms with E-state index in [0.29, 0.717) is 6.54 Å². The highest BCUT2D eigenvalue weighted by molar-refractivity contribution is 7.90. The van der Waals surface area contributed by atoms with Crippen LogP contribution < -0.4 is 4.72 Å². The van der Waals surface area contributed by atoms with Crippen LogP contribution in [-0.4, -0.2) is 20.2 Å². The van der Waals surface area contributed by atoms with E-state index in [9.17, 15) is 8.42 Å². The van der Waals surface area contributed by atoms with Crippen molar-refractivity contribution in [1.82, 2.24) is 4.72 Å². The summed E-state index contributed by atoms with van der Waals surface area (Å²) >= 11 is 0. The van der Waals surface area contributed by atoms with Crippen LogP contribution in [0.2, 0.25) is 0 Å². The van der Waals surface area contributed by atoms with Gasteiger partial charge in [0.1, 0.15) is 0 Å². The highest BCUT2D eigenvalue weighted by Gasteiger charge is 2.17. The molecule has 0 aliphatic carbocycles. The van der Waals surface area contributed by atoms with Crippen LogP contribution in [0.15, 0.2) is 54.6 Å². The van der Waals surface area contributed by atoms with E-state index >= 15 is 0 Å². The van der Waals surface area contributed by atoms with E-state index in [1.807, 2.05) is 61.5 Å². The molecule has 0 radical (unpaired) electrons. The number of nitrogens with zero attached hydrogens (tertiary/aromatic N) is 1. The Morgan fingerprint density at radius 2 is 1.54 bits per heavy atom. The molecule has 1 atom stereocenters. The lowest BCUT2D eigenvalue weighted by Crippen LogP contribution is -2.33. The van der Waals surface area contributed by atoms with Crippen molar-refractivity contribution < 1.29 is 8.42 Å². The second kappa shape index (κ2) is 8.79. The third-order valence-electron chi connectivity index (χ3n) is 4.29. The van der Waals surface area contributed by atoms with E-state index in [0.717, 1.165) is 22.3 Å². The Kier molecular flexibility index (Phi) is 6.73. The zero-order valence-electron chi connectivity index (χ0n) is 15.3. The molecule has 0 fully saturated rings. The summed E-state index contributed by atoms with van der Waals surface area (Å²) in [6.07, 6.45) is 3.23. The van der Waals surface area contributed by atoms with Gasteiger partial charge in [0.25, 0.3) is 0 Å². The van der Waals surface area contributed by atoms with E-state index in [2.05, 4.69) is 4.72 Å². The third kappa shape index (κ3) is 5.29. The molecule has 136 valence electrons. The van der Waals surface area contributed by atoms with Gasteiger partial charge < -0.3 is 0 Å². The molecule has 2 aromatic carbocycles. The average molecular weight is 369 g/mol. The molecule has 0 heterocycles. The highest BCUT2D eigenvalue weighted by atomic mass is 32.2. The maximum absolute atomic E-state index is 11.9. The van der Waals surface area contributed by atoms with Crippen molar-refractivity contribution in [2.24, 2.45) is 0 Å². The molecule has 26 heavy (non-hydrogen) atoms. The van der Waals surface area contributed by atoms with Crippen LogP contribution in [0.1, 0.15) is 37.8 Å². The average Bonchev–Trinajstić information content (AvgIpc) is 2.65. The van der Waals surface area contributed by atoms with Crippen molar-refractivity contribution >= 4 is 16.1 Å². The zero-order chi connectivity index (χ0) is 19.2.